The van der Waals surface area contributed by atoms with Gasteiger partial charge >= 0.3 is 6.18 Å². The summed E-state index contributed by atoms with van der Waals surface area (Å²) in [4.78, 5) is 2.94. The van der Waals surface area contributed by atoms with Crippen molar-refractivity contribution >= 4 is 42.4 Å². The largest absolute Gasteiger partial charge is 0.422 e. The fourth-order valence-electron chi connectivity index (χ4n) is 3.45. The number of hydrogen-bond acceptors (Lipinski definition) is 1. The van der Waals surface area contributed by atoms with Crippen LogP contribution in [0.15, 0.2) is 12.1 Å². The molecule has 1 N–H and O–H groups in total. The Balaban J connectivity index is 2.29. The number of aromatic amines is 1. The van der Waals surface area contributed by atoms with E-state index in [4.69, 9.17) is 27.6 Å². The van der Waals surface area contributed by atoms with Crippen LogP contribution < -0.4 is 0 Å². The van der Waals surface area contributed by atoms with Crippen molar-refractivity contribution in [2.75, 3.05) is 0 Å². The molecule has 0 saturated carbocycles. The van der Waals surface area contributed by atoms with Gasteiger partial charge in [0.15, 0.2) is 13.9 Å². The normalized spacial score (nSPS) is 22.0. The van der Waals surface area contributed by atoms with Crippen molar-refractivity contribution in [3.8, 4) is 0 Å². The Morgan fingerprint density at radius 2 is 1.79 bits per heavy atom. The second-order valence-electron chi connectivity index (χ2n) is 7.18. The molecule has 0 radical (unpaired) electrons. The molecule has 1 aromatic heterocycles. The molecule has 1 atom stereocenters. The third-order valence-electron chi connectivity index (χ3n) is 4.24. The summed E-state index contributed by atoms with van der Waals surface area (Å²) >= 11 is 12.1. The van der Waals surface area contributed by atoms with E-state index in [2.05, 4.69) is 4.98 Å². The van der Waals surface area contributed by atoms with Crippen molar-refractivity contribution in [2.24, 2.45) is 0 Å². The zero-order valence-corrected chi connectivity index (χ0v) is 16.1. The predicted octanol–water partition coefficient (Wildman–Crippen LogP) is 6.42. The summed E-state index contributed by atoms with van der Waals surface area (Å²) in [6.45, 7) is 5.31. The highest BCUT2D eigenvalue weighted by molar-refractivity contribution is 6.69. The maximum Gasteiger partial charge on any atom is 0.422 e. The predicted molar refractivity (Wildman–Crippen MR) is 93.4 cm³/mol. The standard InChI is InChI=1S/C16H18Cl2F3NOSi/c1-24(2,3)23-15(16(19,20)21)6-4-5-9-10-7-11(17)12(18)8-13(10)22-14(9)15/h7-8,22H,4-6H2,1-3H3. The van der Waals surface area contributed by atoms with Crippen molar-refractivity contribution in [1.82, 2.24) is 4.98 Å². The van der Waals surface area contributed by atoms with Crippen molar-refractivity contribution in [2.45, 2.75) is 50.7 Å². The van der Waals surface area contributed by atoms with E-state index in [9.17, 15) is 13.2 Å². The summed E-state index contributed by atoms with van der Waals surface area (Å²) in [6.07, 6.45) is -3.62. The first-order chi connectivity index (χ1) is 10.9. The van der Waals surface area contributed by atoms with Crippen molar-refractivity contribution in [3.05, 3.63) is 33.4 Å². The van der Waals surface area contributed by atoms with Crippen LogP contribution in [0.3, 0.4) is 0 Å². The molecule has 1 unspecified atom stereocenters. The van der Waals surface area contributed by atoms with Gasteiger partial charge in [-0.25, -0.2) is 0 Å². The molecular weight excluding hydrogens is 378 g/mol. The highest BCUT2D eigenvalue weighted by Crippen LogP contribution is 2.52. The number of fused-ring (bicyclic) bond motifs is 3. The van der Waals surface area contributed by atoms with Crippen LogP contribution in [0.4, 0.5) is 13.2 Å². The molecule has 0 fully saturated rings. The van der Waals surface area contributed by atoms with Crippen molar-refractivity contribution in [1.29, 1.82) is 0 Å². The zero-order valence-electron chi connectivity index (χ0n) is 13.6. The van der Waals surface area contributed by atoms with E-state index in [-0.39, 0.29) is 12.1 Å². The molecule has 1 aliphatic carbocycles. The molecule has 1 aliphatic rings. The van der Waals surface area contributed by atoms with Gasteiger partial charge in [-0.15, -0.1) is 0 Å². The Morgan fingerprint density at radius 1 is 1.17 bits per heavy atom. The SMILES string of the molecule is C[Si](C)(C)OC1(C(F)(F)F)CCCc2c1[nH]c1cc(Cl)c(Cl)cc21. The van der Waals surface area contributed by atoms with Gasteiger partial charge in [0.25, 0.3) is 0 Å². The Morgan fingerprint density at radius 3 is 2.38 bits per heavy atom. The Bertz CT molecular complexity index is 797. The summed E-state index contributed by atoms with van der Waals surface area (Å²) in [6, 6.07) is 3.21. The van der Waals surface area contributed by atoms with Crippen molar-refractivity contribution in [3.63, 3.8) is 0 Å². The Labute approximate surface area is 149 Å². The third kappa shape index (κ3) is 2.87. The number of rotatable bonds is 2. The lowest BCUT2D eigenvalue weighted by Crippen LogP contribution is -2.52. The molecule has 0 amide bonds. The molecule has 0 aliphatic heterocycles. The molecule has 3 rings (SSSR count). The van der Waals surface area contributed by atoms with Gasteiger partial charge in [0.2, 0.25) is 0 Å². The van der Waals surface area contributed by atoms with E-state index in [1.807, 2.05) is 0 Å². The minimum Gasteiger partial charge on any atom is -0.399 e. The first-order valence-corrected chi connectivity index (χ1v) is 11.9. The molecule has 0 spiro atoms. The molecule has 8 heteroatoms. The molecular formula is C16H18Cl2F3NOSi. The zero-order chi connectivity index (χ0) is 17.9. The van der Waals surface area contributed by atoms with E-state index in [1.165, 1.54) is 0 Å². The lowest BCUT2D eigenvalue weighted by molar-refractivity contribution is -0.264. The Hall–Kier alpha value is -0.693. The average Bonchev–Trinajstić information content (AvgIpc) is 2.75. The smallest absolute Gasteiger partial charge is 0.399 e. The van der Waals surface area contributed by atoms with Crippen LogP contribution in [0.2, 0.25) is 29.7 Å². The third-order valence-corrected chi connectivity index (χ3v) is 5.93. The Kier molecular flexibility index (Phi) is 4.27. The number of benzene rings is 1. The van der Waals surface area contributed by atoms with Crippen LogP contribution in [0, 0.1) is 0 Å². The van der Waals surface area contributed by atoms with Gasteiger partial charge in [-0.2, -0.15) is 13.2 Å². The van der Waals surface area contributed by atoms with Crippen molar-refractivity contribution < 1.29 is 17.6 Å². The number of halogens is 5. The highest BCUT2D eigenvalue weighted by atomic mass is 35.5. The van der Waals surface area contributed by atoms with E-state index in [1.54, 1.807) is 31.8 Å². The number of H-pyrrole nitrogens is 1. The lowest BCUT2D eigenvalue weighted by atomic mass is 9.82. The van der Waals surface area contributed by atoms with Crippen LogP contribution in [-0.4, -0.2) is 19.5 Å². The molecule has 1 aromatic carbocycles. The molecule has 132 valence electrons. The lowest BCUT2D eigenvalue weighted by Gasteiger charge is -2.42. The summed E-state index contributed by atoms with van der Waals surface area (Å²) < 4.78 is 48.1. The second-order valence-corrected chi connectivity index (χ2v) is 12.4. The number of hydrogen-bond donors (Lipinski definition) is 1. The fraction of sp³-hybridized carbons (Fsp3) is 0.500. The minimum atomic E-state index is -4.50. The van der Waals surface area contributed by atoms with Gasteiger partial charge in [0.05, 0.1) is 15.7 Å². The summed E-state index contributed by atoms with van der Waals surface area (Å²) in [7, 11) is -2.46. The molecule has 24 heavy (non-hydrogen) atoms. The molecule has 1 heterocycles. The first-order valence-electron chi connectivity index (χ1n) is 7.71. The number of nitrogens with one attached hydrogen (secondary N) is 1. The van der Waals surface area contributed by atoms with Gasteiger partial charge < -0.3 is 9.41 Å². The van der Waals surface area contributed by atoms with Crippen LogP contribution >= 0.6 is 23.2 Å². The van der Waals surface area contributed by atoms with E-state index >= 15 is 0 Å². The maximum absolute atomic E-state index is 14.1. The summed E-state index contributed by atoms with van der Waals surface area (Å²) in [5.41, 5.74) is -0.991. The number of alkyl halides is 3. The first kappa shape index (κ1) is 18.1. The molecule has 2 nitrogen and oxygen atoms in total. The molecule has 2 aromatic rings. The van der Waals surface area contributed by atoms with Gasteiger partial charge in [-0.3, -0.25) is 0 Å². The average molecular weight is 396 g/mol. The molecule has 0 bridgehead atoms. The molecule has 0 saturated heterocycles. The monoisotopic (exact) mass is 395 g/mol. The second kappa shape index (κ2) is 5.66. The number of aryl methyl sites for hydroxylation is 1. The highest BCUT2D eigenvalue weighted by Gasteiger charge is 2.61. The van der Waals surface area contributed by atoms with Gasteiger partial charge in [0, 0.05) is 10.9 Å². The van der Waals surface area contributed by atoms with E-state index in [0.29, 0.717) is 39.4 Å². The summed E-state index contributed by atoms with van der Waals surface area (Å²) in [5.74, 6) is 0. The topological polar surface area (TPSA) is 25.0 Å². The minimum absolute atomic E-state index is 0.0813. The fourth-order valence-corrected chi connectivity index (χ4v) is 5.15. The van der Waals surface area contributed by atoms with Gasteiger partial charge in [0.1, 0.15) is 0 Å². The van der Waals surface area contributed by atoms with Gasteiger partial charge in [-0.05, 0) is 56.6 Å². The van der Waals surface area contributed by atoms with Crippen LogP contribution in [0.5, 0.6) is 0 Å². The quantitative estimate of drug-likeness (QED) is 0.582. The van der Waals surface area contributed by atoms with E-state index in [0.717, 1.165) is 0 Å². The van der Waals surface area contributed by atoms with Crippen LogP contribution in [0.1, 0.15) is 24.1 Å². The summed E-state index contributed by atoms with van der Waals surface area (Å²) in [5, 5.41) is 1.33. The maximum atomic E-state index is 14.1. The van der Waals surface area contributed by atoms with Crippen LogP contribution in [0.25, 0.3) is 10.9 Å². The number of aromatic nitrogens is 1. The van der Waals surface area contributed by atoms with Crippen LogP contribution in [-0.2, 0) is 16.4 Å². The van der Waals surface area contributed by atoms with E-state index < -0.39 is 20.1 Å². The van der Waals surface area contributed by atoms with Gasteiger partial charge in [-0.1, -0.05) is 23.2 Å².